The van der Waals surface area contributed by atoms with Crippen LogP contribution in [0.25, 0.3) is 6.08 Å². The van der Waals surface area contributed by atoms with Gasteiger partial charge < -0.3 is 28.4 Å². The summed E-state index contributed by atoms with van der Waals surface area (Å²) in [6, 6.07) is 33.1. The van der Waals surface area contributed by atoms with Crippen molar-refractivity contribution in [2.75, 3.05) is 6.16 Å². The Morgan fingerprint density at radius 1 is 0.900 bits per heavy atom. The molecule has 0 bridgehead atoms. The predicted molar refractivity (Wildman–Crippen MR) is 177 cm³/mol. The van der Waals surface area contributed by atoms with E-state index in [1.807, 2.05) is 13.0 Å². The van der Waals surface area contributed by atoms with E-state index >= 15 is 0 Å². The molecule has 4 aromatic rings. The molecule has 0 spiro atoms. The summed E-state index contributed by atoms with van der Waals surface area (Å²) < 4.78 is 7.08. The van der Waals surface area contributed by atoms with Gasteiger partial charge in [-0.15, -0.1) is 11.3 Å². The molecule has 7 heteroatoms. The number of hydrogen-bond acceptors (Lipinski definition) is 3. The Morgan fingerprint density at radius 2 is 1.35 bits per heavy atom. The lowest BCUT2D eigenvalue weighted by atomic mass is 10.2. The Hall–Kier alpha value is -1.34. The van der Waals surface area contributed by atoms with Crippen molar-refractivity contribution < 1.29 is 28.4 Å². The predicted octanol–water partition coefficient (Wildman–Crippen LogP) is 5.81. The smallest absolute Gasteiger partial charge is 0.192 e. The zero-order valence-electron chi connectivity index (χ0n) is 24.3. The Kier molecular flexibility index (Phi) is 11.8. The van der Waals surface area contributed by atoms with Crippen LogP contribution in [0.2, 0.25) is 18.1 Å². The van der Waals surface area contributed by atoms with Gasteiger partial charge in [0.25, 0.3) is 0 Å². The van der Waals surface area contributed by atoms with E-state index in [1.165, 1.54) is 15.9 Å². The lowest BCUT2D eigenvalue weighted by Gasteiger charge is -2.39. The maximum absolute atomic E-state index is 7.15. The fourth-order valence-electron chi connectivity index (χ4n) is 4.66. The van der Waals surface area contributed by atoms with Gasteiger partial charge in [0, 0.05) is 16.8 Å². The molecule has 2 nitrogen and oxygen atoms in total. The highest BCUT2D eigenvalue weighted by Crippen LogP contribution is 2.56. The average Bonchev–Trinajstić information content (AvgIpc) is 3.33. The summed E-state index contributed by atoms with van der Waals surface area (Å²) >= 11 is 8.79. The van der Waals surface area contributed by atoms with Crippen LogP contribution >= 0.6 is 30.2 Å². The normalized spacial score (nSPS) is 13.5. The number of nitrogens with zero attached hydrogens (tertiary/aromatic N) is 1. The van der Waals surface area contributed by atoms with E-state index in [0.717, 1.165) is 28.3 Å². The molecule has 0 unspecified atom stereocenters. The maximum Gasteiger partial charge on any atom is 0.192 e. The van der Waals surface area contributed by atoms with Crippen LogP contribution in [0.15, 0.2) is 101 Å². The van der Waals surface area contributed by atoms with Gasteiger partial charge in [0.15, 0.2) is 8.32 Å². The summed E-state index contributed by atoms with van der Waals surface area (Å²) in [5, 5.41) is 8.05. The van der Waals surface area contributed by atoms with E-state index in [9.17, 15) is 0 Å². The molecular weight excluding hydrogens is 680 g/mol. The zero-order valence-corrected chi connectivity index (χ0v) is 29.9. The van der Waals surface area contributed by atoms with E-state index < -0.39 is 15.6 Å². The first-order chi connectivity index (χ1) is 18.5. The van der Waals surface area contributed by atoms with Crippen molar-refractivity contribution in [1.82, 2.24) is 4.98 Å². The van der Waals surface area contributed by atoms with Crippen LogP contribution in [-0.2, 0) is 4.43 Å². The van der Waals surface area contributed by atoms with Gasteiger partial charge in [-0.3, -0.25) is 0 Å². The fraction of sp³-hybridized carbons (Fsp3) is 0.303. The molecule has 0 radical (unpaired) electrons. The SMILES string of the molecule is Cc1nc(/C=C(/Cl)[C@H](CC[P+](c2ccccc2)(c2ccccc2)c2ccccc2)O[Si](C)(C)C(C)(C)C)cs1.[I-]. The van der Waals surface area contributed by atoms with Crippen LogP contribution in [0.5, 0.6) is 0 Å². The maximum atomic E-state index is 7.15. The Balaban J connectivity index is 0.00000441. The topological polar surface area (TPSA) is 22.1 Å². The van der Waals surface area contributed by atoms with E-state index in [4.69, 9.17) is 16.0 Å². The van der Waals surface area contributed by atoms with Crippen LogP contribution < -0.4 is 39.9 Å². The van der Waals surface area contributed by atoms with Crippen molar-refractivity contribution in [3.8, 4) is 0 Å². The summed E-state index contributed by atoms with van der Waals surface area (Å²) in [5.74, 6) is 0. The molecule has 0 N–H and O–H groups in total. The first kappa shape index (κ1) is 33.2. The second-order valence-electron chi connectivity index (χ2n) is 11.5. The van der Waals surface area contributed by atoms with Gasteiger partial charge in [-0.05, 0) is 67.5 Å². The fourth-order valence-corrected chi connectivity index (χ4v) is 11.2. The third kappa shape index (κ3) is 7.73. The summed E-state index contributed by atoms with van der Waals surface area (Å²) in [6.45, 7) is 13.5. The number of aromatic nitrogens is 1. The van der Waals surface area contributed by atoms with Crippen LogP contribution in [0.4, 0.5) is 0 Å². The number of aryl methyl sites for hydroxylation is 1. The molecule has 0 amide bonds. The Labute approximate surface area is 268 Å². The molecule has 0 aliphatic rings. The highest BCUT2D eigenvalue weighted by atomic mass is 127. The number of thiazole rings is 1. The first-order valence-corrected chi connectivity index (χ1v) is 19.7. The van der Waals surface area contributed by atoms with Crippen molar-refractivity contribution in [2.24, 2.45) is 0 Å². The molecule has 1 heterocycles. The monoisotopic (exact) mass is 719 g/mol. The van der Waals surface area contributed by atoms with Crippen LogP contribution in [-0.4, -0.2) is 25.6 Å². The highest BCUT2D eigenvalue weighted by Gasteiger charge is 2.47. The second-order valence-corrected chi connectivity index (χ2v) is 21.4. The number of rotatable bonds is 10. The molecule has 1 atom stereocenters. The van der Waals surface area contributed by atoms with Gasteiger partial charge in [0.1, 0.15) is 23.2 Å². The van der Waals surface area contributed by atoms with E-state index in [2.05, 4.69) is 135 Å². The molecule has 212 valence electrons. The first-order valence-electron chi connectivity index (χ1n) is 13.5. The minimum absolute atomic E-state index is 0. The quantitative estimate of drug-likeness (QED) is 0.117. The number of benzene rings is 3. The van der Waals surface area contributed by atoms with E-state index in [0.29, 0.717) is 0 Å². The summed E-state index contributed by atoms with van der Waals surface area (Å²) in [7, 11) is -4.10. The average molecular weight is 720 g/mol. The van der Waals surface area contributed by atoms with Gasteiger partial charge in [-0.2, -0.15) is 0 Å². The molecule has 0 saturated carbocycles. The van der Waals surface area contributed by atoms with Crippen molar-refractivity contribution in [3.63, 3.8) is 0 Å². The molecule has 0 aliphatic heterocycles. The highest BCUT2D eigenvalue weighted by molar-refractivity contribution is 7.95. The standard InChI is InChI=1S/C33H40ClNOPSSi.HI/c1-26-35-27(25-38-26)24-31(34)32(36-39(5,6)33(2,3)4)22-23-37(28-16-10-7-11-17-28,29-18-12-8-13-19-29)30-20-14-9-15-21-30;/h7-21,24-25,32H,22-23H2,1-6H3;1H/q+1;/p-1/b31-24+;/t32-;/m0./s1. The van der Waals surface area contributed by atoms with Gasteiger partial charge >= 0.3 is 0 Å². The van der Waals surface area contributed by atoms with Crippen molar-refractivity contribution in [3.05, 3.63) is 112 Å². The molecule has 4 rings (SSSR count). The number of halogens is 2. The lowest BCUT2D eigenvalue weighted by Crippen LogP contribution is -3.00. The third-order valence-corrected chi connectivity index (χ3v) is 17.9. The molecule has 0 fully saturated rings. The summed E-state index contributed by atoms with van der Waals surface area (Å²) in [6.07, 6.45) is 3.57. The molecule has 0 saturated heterocycles. The largest absolute Gasteiger partial charge is 1.00 e. The Morgan fingerprint density at radius 3 is 1.73 bits per heavy atom. The lowest BCUT2D eigenvalue weighted by molar-refractivity contribution is -0.00000924. The minimum Gasteiger partial charge on any atom is -1.00 e. The summed E-state index contributed by atoms with van der Waals surface area (Å²) in [5.41, 5.74) is 0.904. The van der Waals surface area contributed by atoms with Gasteiger partial charge in [-0.1, -0.05) is 87.0 Å². The molecular formula is C33H40ClINOPSSi. The molecule has 1 aromatic heterocycles. The molecule has 3 aromatic carbocycles. The van der Waals surface area contributed by atoms with Crippen molar-refractivity contribution in [2.45, 2.75) is 58.4 Å². The second kappa shape index (κ2) is 14.2. The third-order valence-electron chi connectivity index (χ3n) is 7.79. The minimum atomic E-state index is -2.11. The van der Waals surface area contributed by atoms with E-state index in [1.54, 1.807) is 11.3 Å². The van der Waals surface area contributed by atoms with E-state index in [-0.39, 0.29) is 35.1 Å². The summed E-state index contributed by atoms with van der Waals surface area (Å²) in [4.78, 5) is 4.65. The Bertz CT molecular complexity index is 1280. The van der Waals surface area contributed by atoms with Crippen LogP contribution in [0.3, 0.4) is 0 Å². The van der Waals surface area contributed by atoms with Crippen molar-refractivity contribution in [1.29, 1.82) is 0 Å². The zero-order chi connectivity index (χ0) is 28.1. The van der Waals surface area contributed by atoms with Gasteiger partial charge in [-0.25, -0.2) is 4.98 Å². The molecule has 0 aliphatic carbocycles. The van der Waals surface area contributed by atoms with Gasteiger partial charge in [0.2, 0.25) is 0 Å². The molecule has 40 heavy (non-hydrogen) atoms. The van der Waals surface area contributed by atoms with Gasteiger partial charge in [0.05, 0.1) is 23.0 Å². The van der Waals surface area contributed by atoms with Crippen molar-refractivity contribution >= 4 is 60.5 Å². The van der Waals surface area contributed by atoms with Crippen LogP contribution in [0.1, 0.15) is 37.9 Å². The van der Waals surface area contributed by atoms with Crippen LogP contribution in [0, 0.1) is 6.92 Å². The number of hydrogen-bond donors (Lipinski definition) is 0.